The largest absolute Gasteiger partial charge is 0.481 e. The Kier molecular flexibility index (Phi) is 5.18. The minimum absolute atomic E-state index is 0.0660. The highest BCUT2D eigenvalue weighted by Gasteiger charge is 2.22. The number of rotatable bonds is 6. The van der Waals surface area contributed by atoms with Crippen LogP contribution in [0.4, 0.5) is 5.69 Å². The number of carbonyl (C=O) groups excluding carboxylic acids is 1. The molecule has 0 aliphatic carbocycles. The molecule has 112 valence electrons. The smallest absolute Gasteiger partial charge is 0.305 e. The Morgan fingerprint density at radius 1 is 1.43 bits per heavy atom. The van der Waals surface area contributed by atoms with E-state index >= 15 is 0 Å². The molecule has 0 aromatic heterocycles. The Bertz CT molecular complexity index is 593. The molecule has 0 radical (unpaired) electrons. The number of non-ortho nitro benzene ring substituents is 1. The van der Waals surface area contributed by atoms with Crippen LogP contribution in [0.15, 0.2) is 30.3 Å². The van der Waals surface area contributed by atoms with Crippen LogP contribution < -0.4 is 5.32 Å². The second-order valence-corrected chi connectivity index (χ2v) is 5.13. The molecule has 2 N–H and O–H groups in total. The predicted molar refractivity (Wildman–Crippen MR) is 76.6 cm³/mol. The number of nitrogens with zero attached hydrogens (tertiary/aromatic N) is 1. The molecule has 0 saturated carbocycles. The van der Waals surface area contributed by atoms with Crippen molar-refractivity contribution >= 4 is 23.6 Å². The van der Waals surface area contributed by atoms with E-state index in [9.17, 15) is 19.7 Å². The minimum atomic E-state index is -1.01. The van der Waals surface area contributed by atoms with E-state index in [2.05, 4.69) is 5.32 Å². The van der Waals surface area contributed by atoms with Crippen LogP contribution in [0.5, 0.6) is 0 Å². The summed E-state index contributed by atoms with van der Waals surface area (Å²) in [6.07, 6.45) is 2.44. The lowest BCUT2D eigenvalue weighted by atomic mass is 10.0. The van der Waals surface area contributed by atoms with E-state index in [0.29, 0.717) is 5.56 Å². The maximum atomic E-state index is 11.7. The number of nitrogens with one attached hydrogen (secondary N) is 1. The van der Waals surface area contributed by atoms with Crippen molar-refractivity contribution in [1.82, 2.24) is 5.32 Å². The van der Waals surface area contributed by atoms with Gasteiger partial charge in [0.15, 0.2) is 0 Å². The zero-order chi connectivity index (χ0) is 16.0. The van der Waals surface area contributed by atoms with Crippen LogP contribution in [-0.4, -0.2) is 27.4 Å². The van der Waals surface area contributed by atoms with Crippen LogP contribution in [0.1, 0.15) is 25.8 Å². The highest BCUT2D eigenvalue weighted by atomic mass is 16.6. The van der Waals surface area contributed by atoms with Crippen LogP contribution in [0, 0.1) is 10.1 Å². The van der Waals surface area contributed by atoms with Crippen molar-refractivity contribution in [1.29, 1.82) is 0 Å². The van der Waals surface area contributed by atoms with Gasteiger partial charge in [-0.15, -0.1) is 0 Å². The fraction of sp³-hybridized carbons (Fsp3) is 0.286. The molecular formula is C14H16N2O5. The Hall–Kier alpha value is -2.70. The van der Waals surface area contributed by atoms with Crippen molar-refractivity contribution in [3.05, 3.63) is 46.0 Å². The Labute approximate surface area is 121 Å². The maximum absolute atomic E-state index is 11.7. The first kappa shape index (κ1) is 16.4. The number of carbonyl (C=O) groups is 2. The van der Waals surface area contributed by atoms with Gasteiger partial charge in [0, 0.05) is 23.7 Å². The standard InChI is InChI=1S/C14H16N2O5/c1-14(2,9-13(18)19)15-12(17)7-6-10-4-3-5-11(8-10)16(20)21/h3-8H,9H2,1-2H3,(H,15,17)(H,18,19). The van der Waals surface area contributed by atoms with E-state index in [1.54, 1.807) is 19.9 Å². The summed E-state index contributed by atoms with van der Waals surface area (Å²) in [5, 5.41) is 21.9. The number of carboxylic acid groups (broad SMARTS) is 1. The Balaban J connectivity index is 2.72. The molecule has 0 spiro atoms. The van der Waals surface area contributed by atoms with Crippen LogP contribution in [0.3, 0.4) is 0 Å². The van der Waals surface area contributed by atoms with E-state index < -0.39 is 22.3 Å². The number of amides is 1. The van der Waals surface area contributed by atoms with Crippen molar-refractivity contribution in [3.63, 3.8) is 0 Å². The predicted octanol–water partition coefficient (Wildman–Crippen LogP) is 1.98. The summed E-state index contributed by atoms with van der Waals surface area (Å²) >= 11 is 0. The van der Waals surface area contributed by atoms with Gasteiger partial charge in [0.25, 0.3) is 5.69 Å². The third-order valence-corrected chi connectivity index (χ3v) is 2.56. The van der Waals surface area contributed by atoms with Gasteiger partial charge in [-0.25, -0.2) is 0 Å². The number of aliphatic carboxylic acids is 1. The summed E-state index contributed by atoms with van der Waals surface area (Å²) in [4.78, 5) is 32.5. The topological polar surface area (TPSA) is 110 Å². The lowest BCUT2D eigenvalue weighted by molar-refractivity contribution is -0.384. The number of carboxylic acids is 1. The summed E-state index contributed by atoms with van der Waals surface area (Å²) in [6.45, 7) is 3.19. The van der Waals surface area contributed by atoms with E-state index in [-0.39, 0.29) is 12.1 Å². The number of nitro benzene ring substituents is 1. The highest BCUT2D eigenvalue weighted by Crippen LogP contribution is 2.14. The van der Waals surface area contributed by atoms with Crippen molar-refractivity contribution in [2.24, 2.45) is 0 Å². The molecular weight excluding hydrogens is 276 g/mol. The van der Waals surface area contributed by atoms with Crippen LogP contribution >= 0.6 is 0 Å². The second-order valence-electron chi connectivity index (χ2n) is 5.13. The van der Waals surface area contributed by atoms with Gasteiger partial charge in [-0.1, -0.05) is 12.1 Å². The summed E-state index contributed by atoms with van der Waals surface area (Å²) in [7, 11) is 0. The first-order valence-electron chi connectivity index (χ1n) is 6.16. The van der Waals surface area contributed by atoms with Crippen LogP contribution in [-0.2, 0) is 9.59 Å². The summed E-state index contributed by atoms with van der Waals surface area (Å²) in [5.41, 5.74) is -0.435. The van der Waals surface area contributed by atoms with Gasteiger partial charge in [-0.2, -0.15) is 0 Å². The number of hydrogen-bond acceptors (Lipinski definition) is 4. The molecule has 0 bridgehead atoms. The molecule has 1 amide bonds. The third kappa shape index (κ3) is 5.85. The molecule has 7 nitrogen and oxygen atoms in total. The van der Waals surface area contributed by atoms with E-state index in [1.165, 1.54) is 30.4 Å². The molecule has 1 rings (SSSR count). The van der Waals surface area contributed by atoms with Gasteiger partial charge in [0.1, 0.15) is 0 Å². The second kappa shape index (κ2) is 6.65. The molecule has 0 atom stereocenters. The van der Waals surface area contributed by atoms with Gasteiger partial charge in [0.2, 0.25) is 5.91 Å². The Morgan fingerprint density at radius 2 is 2.10 bits per heavy atom. The molecule has 1 aromatic carbocycles. The van der Waals surface area contributed by atoms with Gasteiger partial charge in [0.05, 0.1) is 11.3 Å². The molecule has 21 heavy (non-hydrogen) atoms. The van der Waals surface area contributed by atoms with Gasteiger partial charge in [-0.3, -0.25) is 19.7 Å². The summed E-state index contributed by atoms with van der Waals surface area (Å²) in [6, 6.07) is 5.84. The summed E-state index contributed by atoms with van der Waals surface area (Å²) < 4.78 is 0. The average Bonchev–Trinajstić information content (AvgIpc) is 2.34. The molecule has 0 unspecified atom stereocenters. The van der Waals surface area contributed by atoms with Crippen LogP contribution in [0.2, 0.25) is 0 Å². The molecule has 0 aliphatic heterocycles. The maximum Gasteiger partial charge on any atom is 0.305 e. The van der Waals surface area contributed by atoms with Crippen molar-refractivity contribution < 1.29 is 19.6 Å². The lowest BCUT2D eigenvalue weighted by Gasteiger charge is -2.23. The van der Waals surface area contributed by atoms with E-state index in [0.717, 1.165) is 0 Å². The van der Waals surface area contributed by atoms with Crippen molar-refractivity contribution in [2.75, 3.05) is 0 Å². The summed E-state index contributed by atoms with van der Waals surface area (Å²) in [5.74, 6) is -1.48. The van der Waals surface area contributed by atoms with Crippen molar-refractivity contribution in [3.8, 4) is 0 Å². The molecule has 0 fully saturated rings. The van der Waals surface area contributed by atoms with E-state index in [1.807, 2.05) is 0 Å². The molecule has 1 aromatic rings. The van der Waals surface area contributed by atoms with E-state index in [4.69, 9.17) is 5.11 Å². The van der Waals surface area contributed by atoms with Crippen LogP contribution in [0.25, 0.3) is 6.08 Å². The molecule has 0 saturated heterocycles. The fourth-order valence-corrected chi connectivity index (χ4v) is 1.71. The normalized spacial score (nSPS) is 11.3. The van der Waals surface area contributed by atoms with Crippen molar-refractivity contribution in [2.45, 2.75) is 25.8 Å². The first-order chi connectivity index (χ1) is 9.69. The number of nitro groups is 1. The number of benzene rings is 1. The van der Waals surface area contributed by atoms with Gasteiger partial charge >= 0.3 is 5.97 Å². The fourth-order valence-electron chi connectivity index (χ4n) is 1.71. The van der Waals surface area contributed by atoms with Gasteiger partial charge < -0.3 is 10.4 Å². The molecule has 0 aliphatic rings. The highest BCUT2D eigenvalue weighted by molar-refractivity contribution is 5.92. The molecule has 7 heteroatoms. The Morgan fingerprint density at radius 3 is 2.67 bits per heavy atom. The first-order valence-corrected chi connectivity index (χ1v) is 6.16. The SMILES string of the molecule is CC(C)(CC(=O)O)NC(=O)C=Cc1cccc([N+](=O)[O-])c1. The van der Waals surface area contributed by atoms with Gasteiger partial charge in [-0.05, 0) is 25.5 Å². The third-order valence-electron chi connectivity index (χ3n) is 2.56. The quantitative estimate of drug-likeness (QED) is 0.473. The lowest BCUT2D eigenvalue weighted by Crippen LogP contribution is -2.44. The zero-order valence-corrected chi connectivity index (χ0v) is 11.7. The minimum Gasteiger partial charge on any atom is -0.481 e. The average molecular weight is 292 g/mol. The number of hydrogen-bond donors (Lipinski definition) is 2. The molecule has 0 heterocycles. The zero-order valence-electron chi connectivity index (χ0n) is 11.7. The monoisotopic (exact) mass is 292 g/mol.